The Kier molecular flexibility index (Phi) is 6.88. The van der Waals surface area contributed by atoms with Gasteiger partial charge >= 0.3 is 12.2 Å². The van der Waals surface area contributed by atoms with Crippen LogP contribution in [0.3, 0.4) is 0 Å². The van der Waals surface area contributed by atoms with E-state index in [0.29, 0.717) is 11.5 Å². The standard InChI is InChI=1S/C24H26F3N7O2/c1-23(2,14-35)31-20-7-6-18(32-33-20)15-8-9-34-19(12-28-21(34)11-15)16-4-3-5-17(10-16)30-22(36)29-13-24(25,26)27/h3-12,15,28,35H,13-14H2,1-2H3,(H,31,33)(H2,29,30,36). The van der Waals surface area contributed by atoms with Crippen molar-refractivity contribution in [3.8, 4) is 0 Å². The first kappa shape index (κ1) is 25.0. The number of carbonyl (C=O) groups excluding carboxylic acids is 1. The summed E-state index contributed by atoms with van der Waals surface area (Å²) in [6, 6.07) is 9.55. The van der Waals surface area contributed by atoms with E-state index < -0.39 is 24.3 Å². The maximum Gasteiger partial charge on any atom is 0.405 e. The number of hydrogen-bond donors (Lipinski definition) is 5. The molecule has 0 saturated carbocycles. The number of aromatic nitrogens is 2. The summed E-state index contributed by atoms with van der Waals surface area (Å²) in [7, 11) is 0. The van der Waals surface area contributed by atoms with Crippen LogP contribution in [0.25, 0.3) is 5.70 Å². The Morgan fingerprint density at radius 3 is 2.69 bits per heavy atom. The highest BCUT2D eigenvalue weighted by atomic mass is 19.4. The first-order valence-corrected chi connectivity index (χ1v) is 11.1. The quantitative estimate of drug-likeness (QED) is 0.393. The maximum atomic E-state index is 12.3. The van der Waals surface area contributed by atoms with Crippen molar-refractivity contribution < 1.29 is 23.1 Å². The number of halogens is 3. The van der Waals surface area contributed by atoms with E-state index in [4.69, 9.17) is 0 Å². The van der Waals surface area contributed by atoms with Crippen molar-refractivity contribution >= 4 is 23.2 Å². The van der Waals surface area contributed by atoms with Gasteiger partial charge in [0.05, 0.1) is 23.5 Å². The molecule has 36 heavy (non-hydrogen) atoms. The number of carbonyl (C=O) groups is 1. The van der Waals surface area contributed by atoms with E-state index in [1.165, 1.54) is 0 Å². The number of hydrogen-bond acceptors (Lipinski definition) is 7. The molecule has 190 valence electrons. The molecule has 2 aromatic rings. The lowest BCUT2D eigenvalue weighted by molar-refractivity contribution is -0.122. The van der Waals surface area contributed by atoms with E-state index >= 15 is 0 Å². The van der Waals surface area contributed by atoms with Crippen LogP contribution in [0, 0.1) is 0 Å². The number of amides is 2. The third-order valence-electron chi connectivity index (χ3n) is 5.41. The van der Waals surface area contributed by atoms with Gasteiger partial charge in [0.25, 0.3) is 0 Å². The van der Waals surface area contributed by atoms with Gasteiger partial charge in [-0.2, -0.15) is 18.3 Å². The van der Waals surface area contributed by atoms with E-state index in [0.717, 1.165) is 22.8 Å². The number of fused-ring (bicyclic) bond motifs is 1. The molecule has 1 unspecified atom stereocenters. The largest absolute Gasteiger partial charge is 0.405 e. The Bertz CT molecular complexity index is 1210. The van der Waals surface area contributed by atoms with Gasteiger partial charge in [-0.05, 0) is 44.2 Å². The van der Waals surface area contributed by atoms with Gasteiger partial charge in [0.15, 0.2) is 0 Å². The molecule has 0 fully saturated rings. The second kappa shape index (κ2) is 9.90. The van der Waals surface area contributed by atoms with Crippen molar-refractivity contribution in [2.75, 3.05) is 23.8 Å². The fourth-order valence-corrected chi connectivity index (χ4v) is 3.60. The average molecular weight is 502 g/mol. The number of rotatable bonds is 7. The molecule has 9 nitrogen and oxygen atoms in total. The average Bonchev–Trinajstić information content (AvgIpc) is 3.26. The van der Waals surface area contributed by atoms with Gasteiger partial charge in [0, 0.05) is 29.6 Å². The normalized spacial score (nSPS) is 17.1. The minimum Gasteiger partial charge on any atom is -0.394 e. The predicted octanol–water partition coefficient (Wildman–Crippen LogP) is 3.70. The second-order valence-corrected chi connectivity index (χ2v) is 8.98. The summed E-state index contributed by atoms with van der Waals surface area (Å²) in [5.41, 5.74) is 2.14. The molecule has 2 aliphatic heterocycles. The van der Waals surface area contributed by atoms with Crippen LogP contribution in [0.15, 0.2) is 66.8 Å². The van der Waals surface area contributed by atoms with E-state index in [-0.39, 0.29) is 12.5 Å². The lowest BCUT2D eigenvalue weighted by Gasteiger charge is -2.25. The minimum atomic E-state index is -4.48. The van der Waals surface area contributed by atoms with Gasteiger partial charge in [0.2, 0.25) is 0 Å². The van der Waals surface area contributed by atoms with E-state index in [9.17, 15) is 23.1 Å². The highest BCUT2D eigenvalue weighted by molar-refractivity contribution is 5.90. The smallest absolute Gasteiger partial charge is 0.394 e. The molecule has 0 aliphatic carbocycles. The number of allylic oxidation sites excluding steroid dienone is 2. The third-order valence-corrected chi connectivity index (χ3v) is 5.41. The first-order chi connectivity index (χ1) is 17.0. The predicted molar refractivity (Wildman–Crippen MR) is 129 cm³/mol. The summed E-state index contributed by atoms with van der Waals surface area (Å²) in [6.45, 7) is 2.26. The van der Waals surface area contributed by atoms with Crippen LogP contribution in [0.4, 0.5) is 29.5 Å². The van der Waals surface area contributed by atoms with E-state index in [2.05, 4.69) is 26.1 Å². The van der Waals surface area contributed by atoms with Crippen molar-refractivity contribution in [3.63, 3.8) is 0 Å². The molecule has 1 atom stereocenters. The van der Waals surface area contributed by atoms with Crippen molar-refractivity contribution in [3.05, 3.63) is 78.0 Å². The highest BCUT2D eigenvalue weighted by Crippen LogP contribution is 2.34. The Labute approximate surface area is 205 Å². The van der Waals surface area contributed by atoms with Gasteiger partial charge in [-0.25, -0.2) is 4.79 Å². The molecule has 0 radical (unpaired) electrons. The van der Waals surface area contributed by atoms with Crippen LogP contribution in [-0.4, -0.2) is 51.1 Å². The van der Waals surface area contributed by atoms with Gasteiger partial charge < -0.3 is 31.3 Å². The topological polar surface area (TPSA) is 114 Å². The van der Waals surface area contributed by atoms with E-state index in [1.807, 2.05) is 55.3 Å². The number of alkyl halides is 3. The molecular weight excluding hydrogens is 475 g/mol. The van der Waals surface area contributed by atoms with E-state index in [1.54, 1.807) is 29.7 Å². The van der Waals surface area contributed by atoms with Crippen LogP contribution in [0.5, 0.6) is 0 Å². The number of aliphatic hydroxyl groups is 1. The summed E-state index contributed by atoms with van der Waals surface area (Å²) >= 11 is 0. The SMILES string of the molecule is CC(C)(CO)Nc1ccc(C2C=CN3C(=C2)NC=C3c2cccc(NC(=O)NCC(F)(F)F)c2)nn1. The lowest BCUT2D eigenvalue weighted by atomic mass is 10.0. The van der Waals surface area contributed by atoms with Crippen LogP contribution in [0.2, 0.25) is 0 Å². The zero-order valence-electron chi connectivity index (χ0n) is 19.6. The molecule has 1 aromatic heterocycles. The summed E-state index contributed by atoms with van der Waals surface area (Å²) in [5, 5.41) is 28.5. The monoisotopic (exact) mass is 501 g/mol. The molecule has 5 N–H and O–H groups in total. The van der Waals surface area contributed by atoms with Gasteiger partial charge in [-0.3, -0.25) is 0 Å². The van der Waals surface area contributed by atoms with Crippen molar-refractivity contribution in [1.82, 2.24) is 25.7 Å². The Hall–Kier alpha value is -4.06. The molecule has 4 rings (SSSR count). The second-order valence-electron chi connectivity index (χ2n) is 8.98. The number of nitrogens with zero attached hydrogens (tertiary/aromatic N) is 3. The van der Waals surface area contributed by atoms with Crippen LogP contribution < -0.4 is 21.3 Å². The Morgan fingerprint density at radius 2 is 2.00 bits per heavy atom. The number of aliphatic hydroxyl groups excluding tert-OH is 1. The molecule has 0 bridgehead atoms. The van der Waals surface area contributed by atoms with Gasteiger partial charge in [-0.1, -0.05) is 18.2 Å². The highest BCUT2D eigenvalue weighted by Gasteiger charge is 2.28. The van der Waals surface area contributed by atoms with Crippen molar-refractivity contribution in [2.24, 2.45) is 0 Å². The van der Waals surface area contributed by atoms with Crippen LogP contribution in [0.1, 0.15) is 31.0 Å². The molecule has 0 saturated heterocycles. The van der Waals surface area contributed by atoms with Crippen LogP contribution in [-0.2, 0) is 0 Å². The van der Waals surface area contributed by atoms with Crippen molar-refractivity contribution in [2.45, 2.75) is 31.5 Å². The zero-order chi connectivity index (χ0) is 25.9. The molecule has 2 amide bonds. The maximum absolute atomic E-state index is 12.3. The number of nitrogens with one attached hydrogen (secondary N) is 4. The molecular formula is C24H26F3N7O2. The van der Waals surface area contributed by atoms with Crippen molar-refractivity contribution in [1.29, 1.82) is 0 Å². The number of anilines is 2. The third kappa shape index (κ3) is 6.13. The summed E-state index contributed by atoms with van der Waals surface area (Å²) < 4.78 is 36.9. The van der Waals surface area contributed by atoms with Crippen LogP contribution >= 0.6 is 0 Å². The first-order valence-electron chi connectivity index (χ1n) is 11.1. The Morgan fingerprint density at radius 1 is 1.19 bits per heavy atom. The molecule has 12 heteroatoms. The zero-order valence-corrected chi connectivity index (χ0v) is 19.6. The van der Waals surface area contributed by atoms with Gasteiger partial charge in [-0.15, -0.1) is 5.10 Å². The number of benzene rings is 1. The summed E-state index contributed by atoms with van der Waals surface area (Å²) in [4.78, 5) is 13.7. The molecule has 0 spiro atoms. The molecule has 1 aromatic carbocycles. The molecule has 2 aliphatic rings. The summed E-state index contributed by atoms with van der Waals surface area (Å²) in [5.74, 6) is 1.26. The molecule has 3 heterocycles. The fourth-order valence-electron chi connectivity index (χ4n) is 3.60. The minimum absolute atomic E-state index is 0.0467. The fraction of sp³-hybridized carbons (Fsp3) is 0.292. The summed E-state index contributed by atoms with van der Waals surface area (Å²) in [6.07, 6.45) is 3.17. The Balaban J connectivity index is 1.41. The number of urea groups is 1. The lowest BCUT2D eigenvalue weighted by Crippen LogP contribution is -2.36. The van der Waals surface area contributed by atoms with Gasteiger partial charge in [0.1, 0.15) is 18.2 Å².